The molecule has 0 saturated carbocycles. The first kappa shape index (κ1) is 16.1. The lowest BCUT2D eigenvalue weighted by molar-refractivity contribution is 0.339. The lowest BCUT2D eigenvalue weighted by Crippen LogP contribution is -2.22. The molecule has 0 heterocycles. The van der Waals surface area contributed by atoms with Crippen molar-refractivity contribution in [2.45, 2.75) is 26.8 Å². The lowest BCUT2D eigenvalue weighted by atomic mass is 9.95. The van der Waals surface area contributed by atoms with Crippen LogP contribution in [0.1, 0.15) is 36.6 Å². The van der Waals surface area contributed by atoms with E-state index in [9.17, 15) is 0 Å². The fourth-order valence-electron chi connectivity index (χ4n) is 2.48. The normalized spacial score (nSPS) is 12.2. The molecule has 1 N–H and O–H groups in total. The van der Waals surface area contributed by atoms with Crippen LogP contribution in [-0.2, 0) is 0 Å². The molecule has 0 bridgehead atoms. The molecule has 1 atom stereocenters. The molecule has 2 aromatic carbocycles. The summed E-state index contributed by atoms with van der Waals surface area (Å²) in [6.45, 7) is 7.89. The van der Waals surface area contributed by atoms with Crippen molar-refractivity contribution in [1.29, 1.82) is 0 Å². The summed E-state index contributed by atoms with van der Waals surface area (Å²) >= 11 is 3.58. The van der Waals surface area contributed by atoms with Gasteiger partial charge in [-0.25, -0.2) is 0 Å². The quantitative estimate of drug-likeness (QED) is 0.805. The van der Waals surface area contributed by atoms with Crippen LogP contribution < -0.4 is 10.1 Å². The van der Waals surface area contributed by atoms with Crippen LogP contribution in [0, 0.1) is 6.92 Å². The Morgan fingerprint density at radius 3 is 2.67 bits per heavy atom. The van der Waals surface area contributed by atoms with Crippen molar-refractivity contribution in [3.05, 3.63) is 63.6 Å². The molecular weight excluding hydrogens is 326 g/mol. The average Bonchev–Trinajstić information content (AvgIpc) is 2.48. The first-order valence-electron chi connectivity index (χ1n) is 7.37. The van der Waals surface area contributed by atoms with E-state index in [-0.39, 0.29) is 6.04 Å². The van der Waals surface area contributed by atoms with Crippen LogP contribution in [0.15, 0.2) is 46.9 Å². The molecule has 2 rings (SSSR count). The highest BCUT2D eigenvalue weighted by Gasteiger charge is 2.16. The van der Waals surface area contributed by atoms with Crippen molar-refractivity contribution >= 4 is 15.9 Å². The zero-order valence-electron chi connectivity index (χ0n) is 12.8. The predicted molar refractivity (Wildman–Crippen MR) is 92.0 cm³/mol. The van der Waals surface area contributed by atoms with Crippen molar-refractivity contribution in [3.63, 3.8) is 0 Å². The molecule has 0 spiro atoms. The highest BCUT2D eigenvalue weighted by Crippen LogP contribution is 2.29. The van der Waals surface area contributed by atoms with Crippen LogP contribution in [0.3, 0.4) is 0 Å². The van der Waals surface area contributed by atoms with Gasteiger partial charge < -0.3 is 10.1 Å². The lowest BCUT2D eigenvalue weighted by Gasteiger charge is -2.22. The van der Waals surface area contributed by atoms with E-state index in [1.54, 1.807) is 0 Å². The van der Waals surface area contributed by atoms with Gasteiger partial charge in [-0.1, -0.05) is 41.1 Å². The van der Waals surface area contributed by atoms with Gasteiger partial charge in [0.05, 0.1) is 12.6 Å². The number of halogens is 1. The molecule has 0 saturated heterocycles. The van der Waals surface area contributed by atoms with E-state index >= 15 is 0 Å². The van der Waals surface area contributed by atoms with Crippen LogP contribution in [0.2, 0.25) is 0 Å². The Morgan fingerprint density at radius 2 is 1.95 bits per heavy atom. The van der Waals surface area contributed by atoms with E-state index in [2.05, 4.69) is 71.5 Å². The van der Waals surface area contributed by atoms with Gasteiger partial charge in [0, 0.05) is 4.47 Å². The fraction of sp³-hybridized carbons (Fsp3) is 0.333. The van der Waals surface area contributed by atoms with Crippen molar-refractivity contribution in [3.8, 4) is 5.75 Å². The predicted octanol–water partition coefficient (Wildman–Crippen LogP) is 4.86. The van der Waals surface area contributed by atoms with Crippen LogP contribution >= 0.6 is 15.9 Å². The number of nitrogens with one attached hydrogen (secondary N) is 1. The van der Waals surface area contributed by atoms with E-state index < -0.39 is 0 Å². The summed E-state index contributed by atoms with van der Waals surface area (Å²) in [5.41, 5.74) is 3.80. The molecule has 21 heavy (non-hydrogen) atoms. The summed E-state index contributed by atoms with van der Waals surface area (Å²) < 4.78 is 6.73. The molecule has 0 amide bonds. The average molecular weight is 348 g/mol. The van der Waals surface area contributed by atoms with Crippen LogP contribution in [-0.4, -0.2) is 13.2 Å². The minimum Gasteiger partial charge on any atom is -0.494 e. The molecule has 0 aliphatic heterocycles. The van der Waals surface area contributed by atoms with Crippen LogP contribution in [0.4, 0.5) is 0 Å². The van der Waals surface area contributed by atoms with Gasteiger partial charge in [0.1, 0.15) is 5.75 Å². The SMILES string of the molecule is CCNC(c1cccc(OCC)c1)c1cc(Br)ccc1C. The summed E-state index contributed by atoms with van der Waals surface area (Å²) in [6, 6.07) is 14.9. The maximum atomic E-state index is 5.63. The monoisotopic (exact) mass is 347 g/mol. The highest BCUT2D eigenvalue weighted by atomic mass is 79.9. The second kappa shape index (κ2) is 7.62. The number of aryl methyl sites for hydroxylation is 1. The van der Waals surface area contributed by atoms with Gasteiger partial charge in [-0.2, -0.15) is 0 Å². The Balaban J connectivity index is 2.42. The van der Waals surface area contributed by atoms with Crippen LogP contribution in [0.5, 0.6) is 5.75 Å². The van der Waals surface area contributed by atoms with Gasteiger partial charge in [-0.15, -0.1) is 0 Å². The number of ether oxygens (including phenoxy) is 1. The molecular formula is C18H22BrNO. The Bertz CT molecular complexity index is 598. The van der Waals surface area contributed by atoms with Crippen LogP contribution in [0.25, 0.3) is 0 Å². The van der Waals surface area contributed by atoms with Gasteiger partial charge in [0.25, 0.3) is 0 Å². The van der Waals surface area contributed by atoms with Crippen molar-refractivity contribution in [2.75, 3.05) is 13.2 Å². The van der Waals surface area contributed by atoms with Crippen molar-refractivity contribution in [1.82, 2.24) is 5.32 Å². The fourth-order valence-corrected chi connectivity index (χ4v) is 2.86. The van der Waals surface area contributed by atoms with Crippen molar-refractivity contribution < 1.29 is 4.74 Å². The third-order valence-electron chi connectivity index (χ3n) is 3.46. The summed E-state index contributed by atoms with van der Waals surface area (Å²) in [5, 5.41) is 3.58. The molecule has 112 valence electrons. The highest BCUT2D eigenvalue weighted by molar-refractivity contribution is 9.10. The molecule has 1 unspecified atom stereocenters. The standard InChI is InChI=1S/C18H22BrNO/c1-4-20-18(17-12-15(19)10-9-13(17)3)14-7-6-8-16(11-14)21-5-2/h6-12,18,20H,4-5H2,1-3H3. The van der Waals surface area contributed by atoms with Gasteiger partial charge in [0.2, 0.25) is 0 Å². The number of hydrogen-bond donors (Lipinski definition) is 1. The minimum absolute atomic E-state index is 0.174. The molecule has 0 fully saturated rings. The zero-order chi connectivity index (χ0) is 15.2. The first-order valence-corrected chi connectivity index (χ1v) is 8.17. The molecule has 0 radical (unpaired) electrons. The minimum atomic E-state index is 0.174. The second-order valence-corrected chi connectivity index (χ2v) is 5.91. The Labute approximate surface area is 135 Å². The topological polar surface area (TPSA) is 21.3 Å². The molecule has 3 heteroatoms. The molecule has 2 nitrogen and oxygen atoms in total. The number of rotatable bonds is 6. The summed E-state index contributed by atoms with van der Waals surface area (Å²) in [6.07, 6.45) is 0. The molecule has 0 aliphatic carbocycles. The Hall–Kier alpha value is -1.32. The summed E-state index contributed by atoms with van der Waals surface area (Å²) in [5.74, 6) is 0.922. The summed E-state index contributed by atoms with van der Waals surface area (Å²) in [7, 11) is 0. The van der Waals surface area contributed by atoms with Gasteiger partial charge >= 0.3 is 0 Å². The van der Waals surface area contributed by atoms with E-state index in [4.69, 9.17) is 4.74 Å². The maximum absolute atomic E-state index is 5.63. The van der Waals surface area contributed by atoms with Gasteiger partial charge in [0.15, 0.2) is 0 Å². The van der Waals surface area contributed by atoms with Gasteiger partial charge in [-0.05, 0) is 61.3 Å². The third kappa shape index (κ3) is 4.08. The largest absolute Gasteiger partial charge is 0.494 e. The van der Waals surface area contributed by atoms with Crippen molar-refractivity contribution in [2.24, 2.45) is 0 Å². The summed E-state index contributed by atoms with van der Waals surface area (Å²) in [4.78, 5) is 0. The maximum Gasteiger partial charge on any atom is 0.119 e. The third-order valence-corrected chi connectivity index (χ3v) is 3.96. The zero-order valence-corrected chi connectivity index (χ0v) is 14.4. The smallest absolute Gasteiger partial charge is 0.119 e. The van der Waals surface area contributed by atoms with Gasteiger partial charge in [-0.3, -0.25) is 0 Å². The molecule has 0 aromatic heterocycles. The second-order valence-electron chi connectivity index (χ2n) is 5.00. The van der Waals surface area contributed by atoms with E-state index in [1.807, 2.05) is 13.0 Å². The Kier molecular flexibility index (Phi) is 5.83. The molecule has 2 aromatic rings. The Morgan fingerprint density at radius 1 is 1.14 bits per heavy atom. The van der Waals surface area contributed by atoms with E-state index in [0.717, 1.165) is 16.8 Å². The first-order chi connectivity index (χ1) is 10.2. The van der Waals surface area contributed by atoms with E-state index in [0.29, 0.717) is 6.61 Å². The molecule has 0 aliphatic rings. The van der Waals surface area contributed by atoms with E-state index in [1.165, 1.54) is 16.7 Å². The number of benzene rings is 2. The number of hydrogen-bond acceptors (Lipinski definition) is 2.